The number of aliphatic carboxylic acids is 5. The van der Waals surface area contributed by atoms with Crippen LogP contribution in [0.1, 0.15) is 144 Å². The Kier molecular flexibility index (Phi) is 32.0. The minimum Gasteiger partial charge on any atom is -0.497 e. The predicted molar refractivity (Wildman–Crippen MR) is 601 cm³/mol. The van der Waals surface area contributed by atoms with Gasteiger partial charge >= 0.3 is 29.8 Å². The summed E-state index contributed by atoms with van der Waals surface area (Å²) in [6, 6.07) is 68.0. The van der Waals surface area contributed by atoms with Crippen LogP contribution in [0.5, 0.6) is 5.75 Å². The van der Waals surface area contributed by atoms with Crippen LogP contribution in [0.15, 0.2) is 228 Å². The fourth-order valence-electron chi connectivity index (χ4n) is 21.0. The maximum Gasteiger partial charge on any atom is 0.323 e. The summed E-state index contributed by atoms with van der Waals surface area (Å²) in [5.74, 6) is -4.82. The highest BCUT2D eigenvalue weighted by atomic mass is 79.9. The summed E-state index contributed by atoms with van der Waals surface area (Å²) in [5, 5.41) is 44.9. The molecule has 9 aromatic rings. The Labute approximate surface area is 901 Å². The molecule has 10 aliphatic heterocycles. The second-order valence-corrected chi connectivity index (χ2v) is 46.2. The number of thiocarbonyl (C=S) groups is 5. The average molecular weight is 2260 g/mol. The lowest BCUT2D eigenvalue weighted by atomic mass is 9.96. The van der Waals surface area contributed by atoms with Crippen molar-refractivity contribution in [1.29, 1.82) is 0 Å². The van der Waals surface area contributed by atoms with Crippen LogP contribution >= 0.6 is 152 Å². The number of carbonyl (C=O) groups is 10. The first-order valence-corrected chi connectivity index (χ1v) is 54.6. The molecule has 8 fully saturated rings. The number of halogens is 2. The van der Waals surface area contributed by atoms with E-state index in [-0.39, 0.29) is 42.5 Å². The van der Waals surface area contributed by atoms with Crippen LogP contribution in [0.2, 0.25) is 0 Å². The summed E-state index contributed by atoms with van der Waals surface area (Å²) in [6.45, 7) is 3.95. The zero-order valence-corrected chi connectivity index (χ0v) is 89.3. The van der Waals surface area contributed by atoms with Crippen LogP contribution in [0.4, 0.5) is 45.5 Å². The number of thioether (sulfide) groups is 5. The standard InChI is InChI=1S/C24H22N2O4S2.C24H22N2O3S2.C23H18Br2N2O3S2.C20H16N2O3S2.C16H16N2O3S2/c1-30-16-8-6-15(7-9-16)26-19-4-2-3-17(19)18-11-14(5-10-20(18)26)12-21-23(29)25(13-22(27)28)24(31)32-21;27-22(28)14-26-23(29)21(31-24(26)30)12-16-9-10-20-18(11-16)17-7-4-8-19(17)25(20)13-15-5-2-1-3-6-15;24-13-4-6-14(7-5-13)27-18-3-1-2-15(18)16-8-12(9-17(25)21(16)27)10-19-22(30)26(11-20(28)29)23(31)32-19;23-18(24)12-22-19(25)17(27-20(22)26)11-13-6-7-16-14(10-13)8-9-21(16)15-4-2-1-3-5-15;1-2-17-6-5-11-7-10(3-4-12(11)17)8-13-15(21)18(9-14(19)20)16(22)23-13/h5-12,17,19H,2-4,13H2,1H3,(H,27,28);1-3,5-6,9-12,17,19H,4,7-8,13-14H2,(H,27,28);4-10,15,18H,1-3,11H2,(H,28,29);1-7,10-11H,8-9,12H2,(H,23,24);3-4,7-8H,2,5-6,9H2,1H3,(H,19,20)/b2*21-12+;19-10+;17-11+;13-8+. The van der Waals surface area contributed by atoms with E-state index in [2.05, 4.69) is 191 Å². The van der Waals surface area contributed by atoms with Gasteiger partial charge in [-0.3, -0.25) is 72.4 Å². The van der Waals surface area contributed by atoms with Gasteiger partial charge < -0.3 is 54.8 Å². The lowest BCUT2D eigenvalue weighted by Crippen LogP contribution is -2.33. The SMILES string of the molecule is CCN1CCc2cc(/C=C3/SC(=S)N(CC(=O)O)C3=O)ccc21.COc1ccc(N2c3ccc(/C=C4/SC(=S)N(CC(=O)O)C4=O)cc3C3CCCC32)cc1.O=C(O)CN1C(=O)/C(=C\c2cc(Br)c3c(c2)C2CCCC2N3c2ccc(Br)cc2)SC1=S.O=C(O)CN1C(=O)/C(=C\c2ccc3c(c2)C2CCCC2N3Cc2ccccc2)SC1=S.O=C(O)CN1C(=O)/C(=C\c2ccc3c(c2)CCN3c2ccccc2)SC1=S. The number of para-hydroxylation sites is 1. The molecule has 6 atom stereocenters. The van der Waals surface area contributed by atoms with Gasteiger partial charge in [-0.05, 0) is 287 Å². The summed E-state index contributed by atoms with van der Waals surface area (Å²) in [7, 11) is 1.67. The third kappa shape index (κ3) is 22.5. The van der Waals surface area contributed by atoms with Crippen molar-refractivity contribution in [1.82, 2.24) is 24.5 Å². The number of amides is 5. The Morgan fingerprint density at radius 2 is 0.752 bits per heavy atom. The molecule has 5 saturated heterocycles. The smallest absolute Gasteiger partial charge is 0.323 e. The van der Waals surface area contributed by atoms with E-state index in [1.54, 1.807) is 19.3 Å². The molecular weight excluding hydrogens is 2160 g/mol. The molecule has 26 nitrogen and oxygen atoms in total. The number of hydrogen-bond donors (Lipinski definition) is 5. The zero-order chi connectivity index (χ0) is 102. The quantitative estimate of drug-likeness (QED) is 0.0311. The topological polar surface area (TPSA) is 313 Å². The van der Waals surface area contributed by atoms with Crippen molar-refractivity contribution in [2.75, 3.05) is 84.0 Å². The highest BCUT2D eigenvalue weighted by Crippen LogP contribution is 2.58. The predicted octanol–water partition coefficient (Wildman–Crippen LogP) is 21.7. The Morgan fingerprint density at radius 3 is 1.21 bits per heavy atom. The second-order valence-electron chi connectivity index (χ2n) is 36.1. The average Bonchev–Trinajstić information content (AvgIpc) is 1.56. The fourth-order valence-corrected chi connectivity index (χ4v) is 28.2. The molecule has 3 saturated carbocycles. The van der Waals surface area contributed by atoms with E-state index in [1.165, 1.54) is 117 Å². The molecule has 3 aliphatic carbocycles. The minimum absolute atomic E-state index is 0.279. The van der Waals surface area contributed by atoms with Gasteiger partial charge in [0.2, 0.25) is 0 Å². The van der Waals surface area contributed by atoms with Crippen LogP contribution < -0.4 is 29.2 Å². The Hall–Kier alpha value is -11.7. The molecule has 0 bridgehead atoms. The zero-order valence-electron chi connectivity index (χ0n) is 78.0. The third-order valence-electron chi connectivity index (χ3n) is 27.2. The first-order valence-electron chi connectivity index (χ1n) is 46.9. The summed E-state index contributed by atoms with van der Waals surface area (Å²) >= 11 is 39.0. The molecule has 13 aliphatic rings. The molecule has 0 radical (unpaired) electrons. The van der Waals surface area contributed by atoms with E-state index >= 15 is 0 Å². The maximum absolute atomic E-state index is 12.7. The highest BCUT2D eigenvalue weighted by molar-refractivity contribution is 9.11. The number of methoxy groups -OCH3 is 1. The number of fused-ring (bicyclic) bond motifs is 11. The molecule has 145 heavy (non-hydrogen) atoms. The summed E-state index contributed by atoms with van der Waals surface area (Å²) in [6.07, 6.45) is 21.6. The van der Waals surface area contributed by atoms with Crippen molar-refractivity contribution in [3.05, 3.63) is 289 Å². The Bertz CT molecular complexity index is 7030. The Balaban J connectivity index is 0.000000120. The van der Waals surface area contributed by atoms with Gasteiger partial charge in [0.15, 0.2) is 0 Å². The van der Waals surface area contributed by atoms with Gasteiger partial charge in [-0.15, -0.1) is 0 Å². The molecule has 9 aromatic carbocycles. The molecule has 0 aromatic heterocycles. The monoisotopic (exact) mass is 2250 g/mol. The number of rotatable bonds is 22. The van der Waals surface area contributed by atoms with Gasteiger partial charge in [-0.1, -0.05) is 228 Å². The van der Waals surface area contributed by atoms with E-state index in [9.17, 15) is 47.9 Å². The van der Waals surface area contributed by atoms with Gasteiger partial charge in [0.1, 0.15) is 60.1 Å². The molecular formula is C107H94Br2N10O16S10. The van der Waals surface area contributed by atoms with Gasteiger partial charge in [-0.25, -0.2) is 0 Å². The highest BCUT2D eigenvalue weighted by Gasteiger charge is 2.48. The van der Waals surface area contributed by atoms with Crippen molar-refractivity contribution in [3.63, 3.8) is 0 Å². The number of nitrogens with zero attached hydrogens (tertiary/aromatic N) is 10. The first kappa shape index (κ1) is 103. The molecule has 38 heteroatoms. The maximum atomic E-state index is 12.7. The van der Waals surface area contributed by atoms with Crippen molar-refractivity contribution >= 4 is 309 Å². The third-order valence-corrected chi connectivity index (χ3v) is 35.3. The van der Waals surface area contributed by atoms with E-state index < -0.39 is 62.6 Å². The summed E-state index contributed by atoms with van der Waals surface area (Å²) < 4.78 is 8.79. The van der Waals surface area contributed by atoms with E-state index in [1.807, 2.05) is 85.0 Å². The number of benzene rings is 9. The Morgan fingerprint density at radius 1 is 0.386 bits per heavy atom. The number of carbonyl (C=O) groups excluding carboxylic acids is 5. The van der Waals surface area contributed by atoms with E-state index in [0.717, 1.165) is 184 Å². The molecule has 0 spiro atoms. The summed E-state index contributed by atoms with van der Waals surface area (Å²) in [5.41, 5.74) is 22.0. The van der Waals surface area contributed by atoms with Gasteiger partial charge in [-0.2, -0.15) is 0 Å². The number of hydrogen-bond acceptors (Lipinski definition) is 26. The molecule has 5 N–H and O–H groups in total. The van der Waals surface area contributed by atoms with Gasteiger partial charge in [0.05, 0.1) is 37.3 Å². The van der Waals surface area contributed by atoms with E-state index in [4.69, 9.17) is 91.4 Å². The first-order chi connectivity index (χ1) is 69.8. The molecule has 5 amide bonds. The number of anilines is 8. The summed E-state index contributed by atoms with van der Waals surface area (Å²) in [4.78, 5) is 137. The van der Waals surface area contributed by atoms with Crippen LogP contribution in [-0.4, -0.2) is 209 Å². The number of ether oxygens (including phenoxy) is 1. The molecule has 6 unspecified atom stereocenters. The molecule has 742 valence electrons. The lowest BCUT2D eigenvalue weighted by molar-refractivity contribution is -0.140. The molecule has 10 heterocycles. The normalized spacial score (nSPS) is 21.6. The number of carboxylic acids is 5. The minimum atomic E-state index is -1.08. The van der Waals surface area contributed by atoms with Crippen molar-refractivity contribution in [2.24, 2.45) is 0 Å². The van der Waals surface area contributed by atoms with Crippen molar-refractivity contribution in [3.8, 4) is 5.75 Å². The van der Waals surface area contributed by atoms with Crippen LogP contribution in [-0.2, 0) is 67.3 Å². The van der Waals surface area contributed by atoms with Crippen LogP contribution in [0.25, 0.3) is 30.4 Å². The van der Waals surface area contributed by atoms with Crippen LogP contribution in [0, 0.1) is 0 Å². The van der Waals surface area contributed by atoms with E-state index in [0.29, 0.717) is 69.0 Å². The van der Waals surface area contributed by atoms with Crippen molar-refractivity contribution in [2.45, 2.75) is 120 Å². The van der Waals surface area contributed by atoms with Crippen molar-refractivity contribution < 1.29 is 78.2 Å². The van der Waals surface area contributed by atoms with Crippen LogP contribution in [0.3, 0.4) is 0 Å². The van der Waals surface area contributed by atoms with Gasteiger partial charge in [0, 0.05) is 111 Å². The fraction of sp³-hybridized carbons (Fsp3) is 0.262. The molecule has 22 rings (SSSR count). The van der Waals surface area contributed by atoms with Gasteiger partial charge in [0.25, 0.3) is 29.5 Å². The number of likely N-dealkylation sites (N-methyl/N-ethyl adjacent to an activating group) is 1. The lowest BCUT2D eigenvalue weighted by Gasteiger charge is -2.28. The second kappa shape index (κ2) is 45.0. The largest absolute Gasteiger partial charge is 0.497 e. The number of carboxylic acid groups (broad SMARTS) is 5.